The van der Waals surface area contributed by atoms with Crippen molar-refractivity contribution in [1.82, 2.24) is 10.2 Å². The molecule has 0 aliphatic carbocycles. The molecule has 0 saturated carbocycles. The number of hydrogen-bond acceptors (Lipinski definition) is 5. The normalized spacial score (nSPS) is 32.8. The molecule has 3 N–H and O–H groups in total. The van der Waals surface area contributed by atoms with Crippen molar-refractivity contribution in [3.63, 3.8) is 0 Å². The quantitative estimate of drug-likeness (QED) is 0.565. The van der Waals surface area contributed by atoms with Gasteiger partial charge in [-0.1, -0.05) is 32.0 Å². The first-order chi connectivity index (χ1) is 16.0. The molecule has 0 aromatic heterocycles. The number of carbonyl (C=O) groups is 3. The van der Waals surface area contributed by atoms with Crippen LogP contribution >= 0.6 is 0 Å². The lowest BCUT2D eigenvalue weighted by atomic mass is 9.66. The summed E-state index contributed by atoms with van der Waals surface area (Å²) < 4.78 is 6.57. The second kappa shape index (κ2) is 8.64. The number of rotatable bonds is 7. The van der Waals surface area contributed by atoms with Crippen molar-refractivity contribution in [3.8, 4) is 0 Å². The predicted molar refractivity (Wildman–Crippen MR) is 128 cm³/mol. The van der Waals surface area contributed by atoms with Crippen LogP contribution in [0.15, 0.2) is 18.2 Å². The Balaban J connectivity index is 1.81. The summed E-state index contributed by atoms with van der Waals surface area (Å²) in [6.45, 7) is 9.50. The fourth-order valence-corrected chi connectivity index (χ4v) is 6.64. The zero-order valence-corrected chi connectivity index (χ0v) is 21.0. The Hall–Kier alpha value is -2.45. The van der Waals surface area contributed by atoms with Gasteiger partial charge in [-0.25, -0.2) is 0 Å². The van der Waals surface area contributed by atoms with Gasteiger partial charge in [0.25, 0.3) is 0 Å². The first-order valence-electron chi connectivity index (χ1n) is 12.2. The van der Waals surface area contributed by atoms with Crippen molar-refractivity contribution in [1.29, 1.82) is 0 Å². The Morgan fingerprint density at radius 1 is 1.21 bits per heavy atom. The van der Waals surface area contributed by atoms with Gasteiger partial charge in [-0.3, -0.25) is 14.4 Å². The molecule has 2 unspecified atom stereocenters. The van der Waals surface area contributed by atoms with Crippen molar-refractivity contribution in [2.24, 2.45) is 17.8 Å². The number of para-hydroxylation sites is 1. The molecule has 34 heavy (non-hydrogen) atoms. The van der Waals surface area contributed by atoms with Crippen molar-refractivity contribution >= 4 is 23.4 Å². The highest BCUT2D eigenvalue weighted by molar-refractivity contribution is 6.04. The summed E-state index contributed by atoms with van der Waals surface area (Å²) in [7, 11) is 1.56. The third kappa shape index (κ3) is 3.53. The number of fused-ring (bicyclic) bond motifs is 1. The van der Waals surface area contributed by atoms with Gasteiger partial charge in [-0.05, 0) is 57.1 Å². The molecule has 1 spiro atoms. The number of hydrogen-bond donors (Lipinski definition) is 3. The topological polar surface area (TPSA) is 108 Å². The molecule has 8 heteroatoms. The summed E-state index contributed by atoms with van der Waals surface area (Å²) >= 11 is 0. The van der Waals surface area contributed by atoms with E-state index in [1.165, 1.54) is 4.90 Å². The second-order valence-electron chi connectivity index (χ2n) is 10.8. The second-order valence-corrected chi connectivity index (χ2v) is 10.8. The van der Waals surface area contributed by atoms with Crippen molar-refractivity contribution in [2.75, 3.05) is 19.0 Å². The van der Waals surface area contributed by atoms with Crippen LogP contribution in [0.5, 0.6) is 0 Å². The molecule has 2 bridgehead atoms. The van der Waals surface area contributed by atoms with Crippen LogP contribution in [-0.2, 0) is 19.1 Å². The zero-order valence-electron chi connectivity index (χ0n) is 21.0. The highest BCUT2D eigenvalue weighted by Gasteiger charge is 2.78. The Morgan fingerprint density at radius 3 is 2.41 bits per heavy atom. The number of nitrogens with zero attached hydrogens (tertiary/aromatic N) is 1. The third-order valence-electron chi connectivity index (χ3n) is 8.07. The van der Waals surface area contributed by atoms with E-state index in [0.717, 1.165) is 11.1 Å². The summed E-state index contributed by atoms with van der Waals surface area (Å²) in [4.78, 5) is 42.5. The molecule has 6 atom stereocenters. The molecule has 4 rings (SSSR count). The van der Waals surface area contributed by atoms with E-state index in [4.69, 9.17) is 4.74 Å². The number of aryl methyl sites for hydroxylation is 2. The van der Waals surface area contributed by atoms with Crippen LogP contribution in [-0.4, -0.2) is 64.7 Å². The number of likely N-dealkylation sites (tertiary alicyclic amines) is 1. The molecule has 3 amide bonds. The molecule has 3 saturated heterocycles. The van der Waals surface area contributed by atoms with Crippen LogP contribution in [0.1, 0.15) is 51.2 Å². The third-order valence-corrected chi connectivity index (χ3v) is 8.07. The average Bonchev–Trinajstić information content (AvgIpc) is 3.34. The SMILES string of the molecule is CNC(=O)[C@H]1[C@H]2C(=O)N([C@@H](CO)CC(C)C)C(C(=O)Nc3c(C)cccc3C)C23CC[C@]1(C)O3. The fourth-order valence-electron chi connectivity index (χ4n) is 6.64. The van der Waals surface area contributed by atoms with Gasteiger partial charge in [0.2, 0.25) is 17.7 Å². The van der Waals surface area contributed by atoms with Gasteiger partial charge in [-0.15, -0.1) is 0 Å². The van der Waals surface area contributed by atoms with E-state index in [1.54, 1.807) is 7.05 Å². The van der Waals surface area contributed by atoms with Crippen LogP contribution in [0.4, 0.5) is 5.69 Å². The molecular weight excluding hydrogens is 434 g/mol. The van der Waals surface area contributed by atoms with E-state index in [9.17, 15) is 19.5 Å². The molecule has 3 aliphatic heterocycles. The monoisotopic (exact) mass is 471 g/mol. The first kappa shape index (κ1) is 24.7. The minimum atomic E-state index is -1.10. The minimum Gasteiger partial charge on any atom is -0.394 e. The summed E-state index contributed by atoms with van der Waals surface area (Å²) in [6.07, 6.45) is 1.64. The van der Waals surface area contributed by atoms with Gasteiger partial charge in [0, 0.05) is 12.7 Å². The number of benzene rings is 1. The van der Waals surface area contributed by atoms with Crippen LogP contribution in [0, 0.1) is 31.6 Å². The maximum atomic E-state index is 14.0. The number of anilines is 1. The van der Waals surface area contributed by atoms with E-state index >= 15 is 0 Å². The maximum absolute atomic E-state index is 14.0. The largest absolute Gasteiger partial charge is 0.394 e. The van der Waals surface area contributed by atoms with Gasteiger partial charge in [0.1, 0.15) is 11.6 Å². The van der Waals surface area contributed by atoms with E-state index in [2.05, 4.69) is 10.6 Å². The van der Waals surface area contributed by atoms with Gasteiger partial charge < -0.3 is 25.4 Å². The van der Waals surface area contributed by atoms with E-state index in [-0.39, 0.29) is 30.2 Å². The van der Waals surface area contributed by atoms with Crippen LogP contribution in [0.25, 0.3) is 0 Å². The van der Waals surface area contributed by atoms with E-state index < -0.39 is 35.1 Å². The lowest BCUT2D eigenvalue weighted by molar-refractivity contribution is -0.148. The van der Waals surface area contributed by atoms with Gasteiger partial charge >= 0.3 is 0 Å². The van der Waals surface area contributed by atoms with Crippen LogP contribution in [0.3, 0.4) is 0 Å². The van der Waals surface area contributed by atoms with E-state index in [1.807, 2.05) is 52.8 Å². The van der Waals surface area contributed by atoms with Crippen LogP contribution < -0.4 is 10.6 Å². The number of carbonyl (C=O) groups excluding carboxylic acids is 3. The lowest BCUT2D eigenvalue weighted by Crippen LogP contribution is -2.56. The molecule has 3 aliphatic rings. The Labute approximate surface area is 201 Å². The molecule has 186 valence electrons. The smallest absolute Gasteiger partial charge is 0.250 e. The lowest BCUT2D eigenvalue weighted by Gasteiger charge is -2.37. The summed E-state index contributed by atoms with van der Waals surface area (Å²) in [5.74, 6) is -2.10. The number of aliphatic hydroxyl groups is 1. The fraction of sp³-hybridized carbons (Fsp3) is 0.654. The van der Waals surface area contributed by atoms with E-state index in [0.29, 0.717) is 24.9 Å². The Kier molecular flexibility index (Phi) is 6.27. The maximum Gasteiger partial charge on any atom is 0.250 e. The van der Waals surface area contributed by atoms with Crippen molar-refractivity contribution in [2.45, 2.75) is 77.2 Å². The highest BCUT2D eigenvalue weighted by atomic mass is 16.5. The molecular formula is C26H37N3O5. The van der Waals surface area contributed by atoms with Gasteiger partial charge in [-0.2, -0.15) is 0 Å². The minimum absolute atomic E-state index is 0.203. The summed E-state index contributed by atoms with van der Waals surface area (Å²) in [5, 5.41) is 16.1. The van der Waals surface area contributed by atoms with Gasteiger partial charge in [0.15, 0.2) is 0 Å². The zero-order chi connectivity index (χ0) is 25.0. The summed E-state index contributed by atoms with van der Waals surface area (Å²) in [5.41, 5.74) is 0.646. The summed E-state index contributed by atoms with van der Waals surface area (Å²) in [6, 6.07) is 4.31. The van der Waals surface area contributed by atoms with Crippen molar-refractivity contribution < 1.29 is 24.2 Å². The van der Waals surface area contributed by atoms with Crippen LogP contribution in [0.2, 0.25) is 0 Å². The predicted octanol–water partition coefficient (Wildman–Crippen LogP) is 2.16. The molecule has 8 nitrogen and oxygen atoms in total. The van der Waals surface area contributed by atoms with Crippen molar-refractivity contribution in [3.05, 3.63) is 29.3 Å². The standard InChI is InChI=1S/C26H37N3O5/c1-14(2)12-17(13-30)29-21(23(32)28-20-15(3)8-7-9-16(20)4)26-11-10-25(5,34-26)18(22(31)27-6)19(26)24(29)33/h7-9,14,17-19,21,30H,10-13H2,1-6H3,(H,27,31)(H,28,32)/t17-,18-,19+,21?,25+,26?/m1/s1. The molecule has 1 aromatic rings. The highest BCUT2D eigenvalue weighted by Crippen LogP contribution is 2.63. The van der Waals surface area contributed by atoms with Gasteiger partial charge in [0.05, 0.1) is 30.1 Å². The first-order valence-corrected chi connectivity index (χ1v) is 12.2. The molecule has 0 radical (unpaired) electrons. The molecule has 3 heterocycles. The number of aliphatic hydroxyl groups excluding tert-OH is 1. The molecule has 1 aromatic carbocycles. The number of ether oxygens (including phenoxy) is 1. The number of nitrogens with one attached hydrogen (secondary N) is 2. The Morgan fingerprint density at radius 2 is 1.85 bits per heavy atom. The molecule has 3 fully saturated rings. The number of amides is 3. The average molecular weight is 472 g/mol. The Bertz CT molecular complexity index is 990.